The third-order valence-corrected chi connectivity index (χ3v) is 6.93. The Labute approximate surface area is 173 Å². The van der Waals surface area contributed by atoms with E-state index in [4.69, 9.17) is 11.6 Å². The van der Waals surface area contributed by atoms with E-state index in [9.17, 15) is 18.0 Å². The molecule has 1 saturated heterocycles. The Morgan fingerprint density at radius 1 is 1.10 bits per heavy atom. The predicted molar refractivity (Wildman–Crippen MR) is 111 cm³/mol. The van der Waals surface area contributed by atoms with Gasteiger partial charge in [0.15, 0.2) is 9.84 Å². The van der Waals surface area contributed by atoms with Gasteiger partial charge in [-0.1, -0.05) is 29.8 Å². The van der Waals surface area contributed by atoms with Gasteiger partial charge in [-0.15, -0.1) is 0 Å². The number of anilines is 1. The molecule has 1 atom stereocenters. The minimum atomic E-state index is -3.24. The van der Waals surface area contributed by atoms with Crippen LogP contribution in [0.1, 0.15) is 23.2 Å². The van der Waals surface area contributed by atoms with Crippen molar-refractivity contribution in [2.75, 3.05) is 16.5 Å². The van der Waals surface area contributed by atoms with Gasteiger partial charge in [-0.2, -0.15) is 10.1 Å². The van der Waals surface area contributed by atoms with E-state index in [1.165, 1.54) is 9.91 Å². The largest absolute Gasteiger partial charge is 0.290 e. The van der Waals surface area contributed by atoms with Crippen LogP contribution in [0.15, 0.2) is 59.7 Å². The maximum atomic E-state index is 13.3. The molecule has 0 aliphatic carbocycles. The summed E-state index contributed by atoms with van der Waals surface area (Å²) in [4.78, 5) is 27.2. The van der Waals surface area contributed by atoms with Crippen LogP contribution < -0.4 is 5.01 Å². The van der Waals surface area contributed by atoms with E-state index < -0.39 is 21.8 Å². The number of sulfone groups is 1. The summed E-state index contributed by atoms with van der Waals surface area (Å²) in [6.45, 7) is 0. The van der Waals surface area contributed by atoms with Crippen LogP contribution in [0.2, 0.25) is 5.02 Å². The molecule has 2 heterocycles. The summed E-state index contributed by atoms with van der Waals surface area (Å²) in [6, 6.07) is 14.7. The average Bonchev–Trinajstić information content (AvgIpc) is 3.25. The fourth-order valence-electron chi connectivity index (χ4n) is 3.53. The molecule has 1 fully saturated rings. The molecular formula is C20H18ClN3O4S. The molecule has 7 nitrogen and oxygen atoms in total. The highest BCUT2D eigenvalue weighted by Crippen LogP contribution is 2.27. The highest BCUT2D eigenvalue weighted by Gasteiger charge is 2.40. The number of amides is 2. The number of carbonyl (C=O) groups excluding carboxylic acids is 2. The van der Waals surface area contributed by atoms with E-state index in [1.807, 2.05) is 6.07 Å². The predicted octanol–water partition coefficient (Wildman–Crippen LogP) is 2.72. The number of rotatable bonds is 3. The number of hydrogen-bond acceptors (Lipinski definition) is 5. The zero-order valence-electron chi connectivity index (χ0n) is 15.4. The average molecular weight is 432 g/mol. The second kappa shape index (κ2) is 7.61. The van der Waals surface area contributed by atoms with E-state index in [0.717, 1.165) is 0 Å². The Bertz CT molecular complexity index is 1080. The molecular weight excluding hydrogens is 414 g/mol. The Hall–Kier alpha value is -2.71. The summed E-state index contributed by atoms with van der Waals surface area (Å²) < 4.78 is 24.1. The number of halogens is 1. The van der Waals surface area contributed by atoms with Gasteiger partial charge >= 0.3 is 0 Å². The van der Waals surface area contributed by atoms with Crippen molar-refractivity contribution in [2.24, 2.45) is 5.10 Å². The summed E-state index contributed by atoms with van der Waals surface area (Å²) in [5.74, 6) is -0.566. The van der Waals surface area contributed by atoms with Crippen LogP contribution in [0.3, 0.4) is 0 Å². The van der Waals surface area contributed by atoms with Gasteiger partial charge in [0.2, 0.25) is 0 Å². The number of amidine groups is 1. The fraction of sp³-hybridized carbons (Fsp3) is 0.250. The van der Waals surface area contributed by atoms with Crippen molar-refractivity contribution in [3.05, 3.63) is 65.2 Å². The number of para-hydroxylation sites is 1. The van der Waals surface area contributed by atoms with Gasteiger partial charge in [0.25, 0.3) is 11.8 Å². The molecule has 0 spiro atoms. The standard InChI is InChI=1S/C20H18ClN3O4S/c21-15-8-6-14(7-9-15)20(26)23(17-10-11-29(27,28)13-17)18-12-19(25)24(22-18)16-4-2-1-3-5-16/h1-9,17H,10-13H2. The maximum absolute atomic E-state index is 13.3. The summed E-state index contributed by atoms with van der Waals surface area (Å²) >= 11 is 5.91. The third kappa shape index (κ3) is 4.04. The molecule has 0 N–H and O–H groups in total. The van der Waals surface area contributed by atoms with Crippen LogP contribution in [0.4, 0.5) is 5.69 Å². The molecule has 0 radical (unpaired) electrons. The zero-order chi connectivity index (χ0) is 20.6. The second-order valence-corrected chi connectivity index (χ2v) is 9.64. The Morgan fingerprint density at radius 3 is 2.41 bits per heavy atom. The molecule has 2 aliphatic rings. The molecule has 1 unspecified atom stereocenters. The van der Waals surface area contributed by atoms with Gasteiger partial charge in [-0.3, -0.25) is 14.5 Å². The van der Waals surface area contributed by atoms with E-state index in [1.54, 1.807) is 48.5 Å². The number of carbonyl (C=O) groups is 2. The quantitative estimate of drug-likeness (QED) is 0.747. The molecule has 2 amide bonds. The van der Waals surface area contributed by atoms with Crippen molar-refractivity contribution in [3.63, 3.8) is 0 Å². The SMILES string of the molecule is O=C1CC(N(C(=O)c2ccc(Cl)cc2)C2CCS(=O)(=O)C2)=NN1c1ccccc1. The van der Waals surface area contributed by atoms with Crippen molar-refractivity contribution in [1.82, 2.24) is 4.90 Å². The molecule has 0 aromatic heterocycles. The van der Waals surface area contributed by atoms with Crippen molar-refractivity contribution >= 4 is 44.8 Å². The molecule has 29 heavy (non-hydrogen) atoms. The second-order valence-electron chi connectivity index (χ2n) is 6.97. The topological polar surface area (TPSA) is 87.1 Å². The fourth-order valence-corrected chi connectivity index (χ4v) is 5.35. The zero-order valence-corrected chi connectivity index (χ0v) is 16.9. The molecule has 4 rings (SSSR count). The van der Waals surface area contributed by atoms with Crippen LogP contribution in [-0.2, 0) is 14.6 Å². The molecule has 0 saturated carbocycles. The number of nitrogens with zero attached hydrogens (tertiary/aromatic N) is 3. The minimum Gasteiger partial charge on any atom is -0.290 e. The monoisotopic (exact) mass is 431 g/mol. The van der Waals surface area contributed by atoms with E-state index >= 15 is 0 Å². The molecule has 2 aromatic carbocycles. The first-order valence-electron chi connectivity index (χ1n) is 9.09. The van der Waals surface area contributed by atoms with E-state index in [-0.39, 0.29) is 29.7 Å². The molecule has 2 aromatic rings. The van der Waals surface area contributed by atoms with E-state index in [2.05, 4.69) is 5.10 Å². The summed E-state index contributed by atoms with van der Waals surface area (Å²) in [5, 5.41) is 6.12. The Kier molecular flexibility index (Phi) is 5.14. The third-order valence-electron chi connectivity index (χ3n) is 4.92. The first-order valence-corrected chi connectivity index (χ1v) is 11.3. The smallest absolute Gasteiger partial charge is 0.259 e. The van der Waals surface area contributed by atoms with Crippen molar-refractivity contribution in [3.8, 4) is 0 Å². The van der Waals surface area contributed by atoms with Gasteiger partial charge in [0.1, 0.15) is 5.84 Å². The number of benzene rings is 2. The summed E-state index contributed by atoms with van der Waals surface area (Å²) in [6.07, 6.45) is 0.227. The van der Waals surface area contributed by atoms with Gasteiger partial charge in [-0.25, -0.2) is 8.42 Å². The van der Waals surface area contributed by atoms with Crippen LogP contribution in [0.25, 0.3) is 0 Å². The van der Waals surface area contributed by atoms with Crippen molar-refractivity contribution < 1.29 is 18.0 Å². The van der Waals surface area contributed by atoms with Gasteiger partial charge in [0, 0.05) is 10.6 Å². The van der Waals surface area contributed by atoms with Gasteiger partial charge < -0.3 is 0 Å². The lowest BCUT2D eigenvalue weighted by atomic mass is 10.1. The van der Waals surface area contributed by atoms with Crippen LogP contribution in [0, 0.1) is 0 Å². The first-order chi connectivity index (χ1) is 13.8. The highest BCUT2D eigenvalue weighted by atomic mass is 35.5. The van der Waals surface area contributed by atoms with Crippen molar-refractivity contribution in [1.29, 1.82) is 0 Å². The van der Waals surface area contributed by atoms with E-state index in [0.29, 0.717) is 22.7 Å². The van der Waals surface area contributed by atoms with Crippen LogP contribution >= 0.6 is 11.6 Å². The van der Waals surface area contributed by atoms with Gasteiger partial charge in [0.05, 0.1) is 29.7 Å². The maximum Gasteiger partial charge on any atom is 0.259 e. The molecule has 150 valence electrons. The van der Waals surface area contributed by atoms with Crippen LogP contribution in [0.5, 0.6) is 0 Å². The summed E-state index contributed by atoms with van der Waals surface area (Å²) in [7, 11) is -3.24. The molecule has 0 bridgehead atoms. The number of hydrogen-bond donors (Lipinski definition) is 0. The summed E-state index contributed by atoms with van der Waals surface area (Å²) in [5.41, 5.74) is 0.942. The minimum absolute atomic E-state index is 0.00565. The van der Waals surface area contributed by atoms with Crippen LogP contribution in [-0.4, -0.2) is 48.5 Å². The lowest BCUT2D eigenvalue weighted by Crippen LogP contribution is -2.45. The Morgan fingerprint density at radius 2 is 1.79 bits per heavy atom. The van der Waals surface area contributed by atoms with Gasteiger partial charge in [-0.05, 0) is 42.8 Å². The first kappa shape index (κ1) is 19.6. The molecule has 9 heteroatoms. The molecule has 2 aliphatic heterocycles. The highest BCUT2D eigenvalue weighted by molar-refractivity contribution is 7.91. The van der Waals surface area contributed by atoms with Crippen molar-refractivity contribution in [2.45, 2.75) is 18.9 Å². The lowest BCUT2D eigenvalue weighted by molar-refractivity contribution is -0.116. The number of hydrazone groups is 1. The lowest BCUT2D eigenvalue weighted by Gasteiger charge is -2.27. The normalized spacial score (nSPS) is 20.6. The Balaban J connectivity index is 1.71.